The molecule has 0 saturated carbocycles. The van der Waals surface area contributed by atoms with Gasteiger partial charge < -0.3 is 10.0 Å². The number of aromatic carboxylic acids is 1. The number of hydrogen-bond acceptors (Lipinski definition) is 3. The maximum Gasteiger partial charge on any atom is 0.354 e. The van der Waals surface area contributed by atoms with E-state index in [-0.39, 0.29) is 17.5 Å². The first-order valence-electron chi connectivity index (χ1n) is 5.61. The number of carboxylic acid groups (broad SMARTS) is 1. The molecule has 1 aromatic rings. The van der Waals surface area contributed by atoms with Gasteiger partial charge in [-0.3, -0.25) is 9.89 Å². The summed E-state index contributed by atoms with van der Waals surface area (Å²) < 4.78 is 0. The molecule has 0 bridgehead atoms. The van der Waals surface area contributed by atoms with E-state index in [2.05, 4.69) is 10.2 Å². The number of piperidine rings is 1. The Morgan fingerprint density at radius 1 is 1.47 bits per heavy atom. The molecule has 2 N–H and O–H groups in total. The number of aromatic amines is 1. The van der Waals surface area contributed by atoms with Crippen molar-refractivity contribution in [1.29, 1.82) is 0 Å². The number of aromatic nitrogens is 2. The minimum atomic E-state index is -0.980. The fourth-order valence-corrected chi connectivity index (χ4v) is 2.28. The van der Waals surface area contributed by atoms with Crippen molar-refractivity contribution >= 4 is 11.9 Å². The molecule has 2 heterocycles. The Bertz CT molecular complexity index is 433. The van der Waals surface area contributed by atoms with Crippen molar-refractivity contribution in [3.8, 4) is 0 Å². The molecule has 6 heteroatoms. The number of hydrogen-bond donors (Lipinski definition) is 2. The first kappa shape index (κ1) is 11.6. The van der Waals surface area contributed by atoms with Crippen LogP contribution in [0.15, 0.2) is 6.20 Å². The predicted octanol–water partition coefficient (Wildman–Crippen LogP) is 0.834. The van der Waals surface area contributed by atoms with Crippen molar-refractivity contribution < 1.29 is 14.7 Å². The van der Waals surface area contributed by atoms with Crippen LogP contribution in [0.1, 0.15) is 41.7 Å². The van der Waals surface area contributed by atoms with Crippen LogP contribution >= 0.6 is 0 Å². The molecular formula is C11H15N3O3. The molecule has 0 unspecified atom stereocenters. The van der Waals surface area contributed by atoms with Crippen LogP contribution in [0.3, 0.4) is 0 Å². The average Bonchev–Trinajstić information content (AvgIpc) is 2.78. The highest BCUT2D eigenvalue weighted by molar-refractivity contribution is 5.87. The summed E-state index contributed by atoms with van der Waals surface area (Å²) in [6, 6.07) is 0. The zero-order valence-corrected chi connectivity index (χ0v) is 9.64. The van der Waals surface area contributed by atoms with Crippen LogP contribution in [0.2, 0.25) is 0 Å². The largest absolute Gasteiger partial charge is 0.477 e. The van der Waals surface area contributed by atoms with E-state index >= 15 is 0 Å². The smallest absolute Gasteiger partial charge is 0.354 e. The Kier molecular flexibility index (Phi) is 3.12. The summed E-state index contributed by atoms with van der Waals surface area (Å²) >= 11 is 0. The Morgan fingerprint density at radius 2 is 2.12 bits per heavy atom. The van der Waals surface area contributed by atoms with Crippen LogP contribution in [0.5, 0.6) is 0 Å². The number of nitrogens with zero attached hydrogens (tertiary/aromatic N) is 2. The number of amides is 1. The molecule has 2 rings (SSSR count). The van der Waals surface area contributed by atoms with E-state index < -0.39 is 5.97 Å². The highest BCUT2D eigenvalue weighted by Crippen LogP contribution is 2.29. The van der Waals surface area contributed by atoms with Crippen LogP contribution in [-0.4, -0.2) is 45.2 Å². The normalized spacial score (nSPS) is 17.1. The predicted molar refractivity (Wildman–Crippen MR) is 59.8 cm³/mol. The highest BCUT2D eigenvalue weighted by atomic mass is 16.4. The van der Waals surface area contributed by atoms with Crippen molar-refractivity contribution in [2.75, 3.05) is 13.1 Å². The average molecular weight is 237 g/mol. The minimum Gasteiger partial charge on any atom is -0.477 e. The van der Waals surface area contributed by atoms with Crippen molar-refractivity contribution in [2.24, 2.45) is 0 Å². The lowest BCUT2D eigenvalue weighted by Gasteiger charge is -2.31. The lowest BCUT2D eigenvalue weighted by molar-refractivity contribution is -0.129. The summed E-state index contributed by atoms with van der Waals surface area (Å²) in [6.07, 6.45) is 3.16. The number of carboxylic acids is 1. The Morgan fingerprint density at radius 3 is 2.65 bits per heavy atom. The maximum atomic E-state index is 11.2. The lowest BCUT2D eigenvalue weighted by Crippen LogP contribution is -2.36. The van der Waals surface area contributed by atoms with Gasteiger partial charge in [0, 0.05) is 25.6 Å². The third-order valence-electron chi connectivity index (χ3n) is 3.26. The van der Waals surface area contributed by atoms with Crippen molar-refractivity contribution in [2.45, 2.75) is 25.7 Å². The van der Waals surface area contributed by atoms with Gasteiger partial charge in [0.25, 0.3) is 0 Å². The van der Waals surface area contributed by atoms with Gasteiger partial charge in [-0.05, 0) is 18.8 Å². The van der Waals surface area contributed by atoms with Gasteiger partial charge in [-0.15, -0.1) is 0 Å². The molecule has 0 aliphatic carbocycles. The Hall–Kier alpha value is -1.85. The summed E-state index contributed by atoms with van der Waals surface area (Å²) in [6.45, 7) is 2.93. The van der Waals surface area contributed by atoms with E-state index in [0.29, 0.717) is 13.1 Å². The lowest BCUT2D eigenvalue weighted by atomic mass is 9.89. The second-order valence-electron chi connectivity index (χ2n) is 4.29. The van der Waals surface area contributed by atoms with Crippen LogP contribution in [-0.2, 0) is 4.79 Å². The number of carbonyl (C=O) groups excluding carboxylic acids is 1. The maximum absolute atomic E-state index is 11.2. The number of H-pyrrole nitrogens is 1. The molecule has 0 spiro atoms. The summed E-state index contributed by atoms with van der Waals surface area (Å²) in [7, 11) is 0. The molecule has 6 nitrogen and oxygen atoms in total. The first-order valence-corrected chi connectivity index (χ1v) is 5.61. The van der Waals surface area contributed by atoms with Crippen molar-refractivity contribution in [3.05, 3.63) is 17.5 Å². The highest BCUT2D eigenvalue weighted by Gasteiger charge is 2.26. The monoisotopic (exact) mass is 237 g/mol. The summed E-state index contributed by atoms with van der Waals surface area (Å²) in [4.78, 5) is 23.9. The molecule has 1 aliphatic heterocycles. The van der Waals surface area contributed by atoms with Gasteiger partial charge in [0.05, 0.1) is 6.20 Å². The quantitative estimate of drug-likeness (QED) is 0.797. The molecule has 1 aromatic heterocycles. The molecule has 1 saturated heterocycles. The van der Waals surface area contributed by atoms with Gasteiger partial charge in [-0.1, -0.05) is 0 Å². The molecule has 92 valence electrons. The minimum absolute atomic E-state index is 0.0779. The van der Waals surface area contributed by atoms with E-state index in [1.807, 2.05) is 0 Å². The SMILES string of the molecule is CC(=O)N1CCC(c2cn[nH]c2C(=O)O)CC1. The fraction of sp³-hybridized carbons (Fsp3) is 0.545. The summed E-state index contributed by atoms with van der Waals surface area (Å²) in [5.74, 6) is -0.726. The zero-order valence-electron chi connectivity index (χ0n) is 9.64. The molecule has 1 aliphatic rings. The van der Waals surface area contributed by atoms with Crippen LogP contribution in [0.25, 0.3) is 0 Å². The molecule has 17 heavy (non-hydrogen) atoms. The summed E-state index contributed by atoms with van der Waals surface area (Å²) in [5.41, 5.74) is 0.923. The molecule has 1 amide bonds. The van der Waals surface area contributed by atoms with E-state index in [9.17, 15) is 9.59 Å². The Labute approximate surface area is 98.6 Å². The van der Waals surface area contributed by atoms with E-state index in [1.165, 1.54) is 0 Å². The second-order valence-corrected chi connectivity index (χ2v) is 4.29. The van der Waals surface area contributed by atoms with Gasteiger partial charge in [-0.25, -0.2) is 4.79 Å². The third-order valence-corrected chi connectivity index (χ3v) is 3.26. The van der Waals surface area contributed by atoms with Gasteiger partial charge in [-0.2, -0.15) is 5.10 Å². The van der Waals surface area contributed by atoms with E-state index in [1.54, 1.807) is 18.0 Å². The van der Waals surface area contributed by atoms with E-state index in [4.69, 9.17) is 5.11 Å². The van der Waals surface area contributed by atoms with Gasteiger partial charge in [0.15, 0.2) is 0 Å². The van der Waals surface area contributed by atoms with Crippen LogP contribution in [0.4, 0.5) is 0 Å². The fourth-order valence-electron chi connectivity index (χ4n) is 2.28. The molecule has 1 fully saturated rings. The number of likely N-dealkylation sites (tertiary alicyclic amines) is 1. The third kappa shape index (κ3) is 2.30. The van der Waals surface area contributed by atoms with Gasteiger partial charge in [0.2, 0.25) is 5.91 Å². The van der Waals surface area contributed by atoms with Crippen LogP contribution < -0.4 is 0 Å². The van der Waals surface area contributed by atoms with Gasteiger partial charge in [0.1, 0.15) is 5.69 Å². The molecule has 0 atom stereocenters. The van der Waals surface area contributed by atoms with Crippen LogP contribution in [0, 0.1) is 0 Å². The zero-order chi connectivity index (χ0) is 12.4. The Balaban J connectivity index is 2.08. The second kappa shape index (κ2) is 4.57. The number of carbonyl (C=O) groups is 2. The standard InChI is InChI=1S/C11H15N3O3/c1-7(15)14-4-2-8(3-5-14)9-6-12-13-10(9)11(16)17/h6,8H,2-5H2,1H3,(H,12,13)(H,16,17). The molecule has 0 radical (unpaired) electrons. The first-order chi connectivity index (χ1) is 8.09. The van der Waals surface area contributed by atoms with E-state index in [0.717, 1.165) is 18.4 Å². The van der Waals surface area contributed by atoms with Gasteiger partial charge >= 0.3 is 5.97 Å². The van der Waals surface area contributed by atoms with Crippen molar-refractivity contribution in [1.82, 2.24) is 15.1 Å². The van der Waals surface area contributed by atoms with Crippen molar-refractivity contribution in [3.63, 3.8) is 0 Å². The molecular weight excluding hydrogens is 222 g/mol. The number of rotatable bonds is 2. The topological polar surface area (TPSA) is 86.3 Å². The molecule has 0 aromatic carbocycles. The number of nitrogens with one attached hydrogen (secondary N) is 1. The summed E-state index contributed by atoms with van der Waals surface area (Å²) in [5, 5.41) is 15.3.